The smallest absolute Gasteiger partial charge is 0.251 e. The molecular formula is C21H23ClN2O2. The lowest BCUT2D eigenvalue weighted by molar-refractivity contribution is 0.0929. The van der Waals surface area contributed by atoms with Crippen molar-refractivity contribution in [2.45, 2.75) is 25.3 Å². The van der Waals surface area contributed by atoms with Crippen LogP contribution in [0, 0.1) is 5.92 Å². The van der Waals surface area contributed by atoms with Gasteiger partial charge in [-0.2, -0.15) is 0 Å². The highest BCUT2D eigenvalue weighted by atomic mass is 35.5. The molecule has 1 atom stereocenters. The molecule has 4 nitrogen and oxygen atoms in total. The molecule has 0 saturated carbocycles. The lowest BCUT2D eigenvalue weighted by Crippen LogP contribution is -2.41. The Morgan fingerprint density at radius 3 is 2.54 bits per heavy atom. The van der Waals surface area contributed by atoms with Gasteiger partial charge in [-0.15, -0.1) is 0 Å². The standard InChI is InChI=1S/C21H23ClN2O2/c22-19-3-1-2-4-20(19)26-18-7-5-16(6-8-18)21(25)23-17-13-15-9-11-24(14-17)12-10-15/h1-8,15,17H,9-14H2,(H,23,25). The lowest BCUT2D eigenvalue weighted by Gasteiger charge is -2.26. The number of ether oxygens (including phenoxy) is 1. The second-order valence-corrected chi connectivity index (χ2v) is 7.61. The van der Waals surface area contributed by atoms with Gasteiger partial charge >= 0.3 is 0 Å². The fraction of sp³-hybridized carbons (Fsp3) is 0.381. The highest BCUT2D eigenvalue weighted by Crippen LogP contribution is 2.29. The topological polar surface area (TPSA) is 41.6 Å². The summed E-state index contributed by atoms with van der Waals surface area (Å²) in [7, 11) is 0. The van der Waals surface area contributed by atoms with Gasteiger partial charge in [0.2, 0.25) is 0 Å². The highest BCUT2D eigenvalue weighted by Gasteiger charge is 2.29. The number of fused-ring (bicyclic) bond motifs is 4. The maximum atomic E-state index is 12.6. The summed E-state index contributed by atoms with van der Waals surface area (Å²) in [6.07, 6.45) is 3.62. The van der Waals surface area contributed by atoms with Gasteiger partial charge in [0, 0.05) is 18.2 Å². The molecule has 1 N–H and O–H groups in total. The van der Waals surface area contributed by atoms with E-state index in [4.69, 9.17) is 16.3 Å². The number of carbonyl (C=O) groups excluding carboxylic acids is 1. The zero-order valence-corrected chi connectivity index (χ0v) is 15.4. The van der Waals surface area contributed by atoms with Gasteiger partial charge < -0.3 is 15.0 Å². The van der Waals surface area contributed by atoms with E-state index in [0.717, 1.165) is 18.9 Å². The molecule has 26 heavy (non-hydrogen) atoms. The van der Waals surface area contributed by atoms with E-state index < -0.39 is 0 Å². The molecule has 1 unspecified atom stereocenters. The van der Waals surface area contributed by atoms with Crippen LogP contribution in [0.2, 0.25) is 5.02 Å². The Hall–Kier alpha value is -2.04. The Labute approximate surface area is 159 Å². The average Bonchev–Trinajstić information content (AvgIpc) is 2.96. The Morgan fingerprint density at radius 2 is 1.81 bits per heavy atom. The van der Waals surface area contributed by atoms with E-state index in [9.17, 15) is 4.79 Å². The second-order valence-electron chi connectivity index (χ2n) is 7.21. The molecule has 3 aliphatic heterocycles. The van der Waals surface area contributed by atoms with Crippen molar-refractivity contribution in [3.63, 3.8) is 0 Å². The molecule has 136 valence electrons. The van der Waals surface area contributed by atoms with E-state index in [1.807, 2.05) is 18.2 Å². The fourth-order valence-electron chi connectivity index (χ4n) is 3.90. The molecular weight excluding hydrogens is 348 g/mol. The Morgan fingerprint density at radius 1 is 1.08 bits per heavy atom. The fourth-order valence-corrected chi connectivity index (χ4v) is 4.07. The molecule has 0 radical (unpaired) electrons. The van der Waals surface area contributed by atoms with Crippen molar-refractivity contribution in [2.75, 3.05) is 19.6 Å². The van der Waals surface area contributed by atoms with Crippen molar-refractivity contribution in [3.05, 3.63) is 59.1 Å². The first kappa shape index (κ1) is 17.4. The van der Waals surface area contributed by atoms with E-state index in [0.29, 0.717) is 22.1 Å². The summed E-state index contributed by atoms with van der Waals surface area (Å²) >= 11 is 6.11. The number of hydrogen-bond acceptors (Lipinski definition) is 3. The highest BCUT2D eigenvalue weighted by molar-refractivity contribution is 6.32. The number of nitrogens with one attached hydrogen (secondary N) is 1. The molecule has 5 rings (SSSR count). The van der Waals surface area contributed by atoms with Gasteiger partial charge in [-0.1, -0.05) is 23.7 Å². The van der Waals surface area contributed by atoms with Crippen LogP contribution in [0.25, 0.3) is 0 Å². The van der Waals surface area contributed by atoms with Gasteiger partial charge in [-0.3, -0.25) is 4.79 Å². The minimum atomic E-state index is -0.0122. The maximum Gasteiger partial charge on any atom is 0.251 e. The minimum Gasteiger partial charge on any atom is -0.456 e. The van der Waals surface area contributed by atoms with Crippen molar-refractivity contribution in [1.29, 1.82) is 0 Å². The summed E-state index contributed by atoms with van der Waals surface area (Å²) in [5, 5.41) is 3.77. The summed E-state index contributed by atoms with van der Waals surface area (Å²) < 4.78 is 5.78. The van der Waals surface area contributed by atoms with E-state index in [1.165, 1.54) is 25.9 Å². The van der Waals surface area contributed by atoms with E-state index in [-0.39, 0.29) is 11.9 Å². The monoisotopic (exact) mass is 370 g/mol. The second kappa shape index (κ2) is 7.68. The number of nitrogens with zero attached hydrogens (tertiary/aromatic N) is 1. The van der Waals surface area contributed by atoms with Crippen LogP contribution in [0.1, 0.15) is 29.6 Å². The molecule has 1 amide bonds. The first-order chi connectivity index (χ1) is 12.7. The number of piperidine rings is 1. The largest absolute Gasteiger partial charge is 0.456 e. The number of rotatable bonds is 4. The van der Waals surface area contributed by atoms with Crippen molar-refractivity contribution < 1.29 is 9.53 Å². The minimum absolute atomic E-state index is 0.0122. The third-order valence-electron chi connectivity index (χ3n) is 5.32. The SMILES string of the molecule is O=C(NC1CC2CCN(CC2)C1)c1ccc(Oc2ccccc2Cl)cc1. The first-order valence-electron chi connectivity index (χ1n) is 9.23. The molecule has 3 aliphatic rings. The van der Waals surface area contributed by atoms with Crippen LogP contribution in [0.15, 0.2) is 48.5 Å². The van der Waals surface area contributed by atoms with Gasteiger partial charge in [0.1, 0.15) is 11.5 Å². The third-order valence-corrected chi connectivity index (χ3v) is 5.63. The molecule has 3 heterocycles. The molecule has 2 bridgehead atoms. The van der Waals surface area contributed by atoms with Crippen LogP contribution in [-0.2, 0) is 0 Å². The van der Waals surface area contributed by atoms with Crippen LogP contribution in [0.4, 0.5) is 0 Å². The molecule has 0 spiro atoms. The number of para-hydroxylation sites is 1. The first-order valence-corrected chi connectivity index (χ1v) is 9.61. The maximum absolute atomic E-state index is 12.6. The van der Waals surface area contributed by atoms with Gasteiger partial charge in [0.05, 0.1) is 5.02 Å². The number of amides is 1. The van der Waals surface area contributed by atoms with Crippen molar-refractivity contribution in [2.24, 2.45) is 5.92 Å². The predicted molar refractivity (Wildman–Crippen MR) is 103 cm³/mol. The summed E-state index contributed by atoms with van der Waals surface area (Å²) in [6, 6.07) is 14.8. The van der Waals surface area contributed by atoms with Crippen LogP contribution in [0.5, 0.6) is 11.5 Å². The molecule has 3 fully saturated rings. The molecule has 2 aromatic rings. The molecule has 3 saturated heterocycles. The van der Waals surface area contributed by atoms with E-state index in [1.54, 1.807) is 30.3 Å². The van der Waals surface area contributed by atoms with Crippen molar-refractivity contribution in [1.82, 2.24) is 10.2 Å². The third kappa shape index (κ3) is 4.02. The Kier molecular flexibility index (Phi) is 5.14. The number of hydrogen-bond donors (Lipinski definition) is 1. The van der Waals surface area contributed by atoms with Crippen LogP contribution < -0.4 is 10.1 Å². The Bertz CT molecular complexity index is 756. The summed E-state index contributed by atoms with van der Waals surface area (Å²) in [5.74, 6) is 2.01. The van der Waals surface area contributed by atoms with E-state index >= 15 is 0 Å². The average molecular weight is 371 g/mol. The number of halogens is 1. The Balaban J connectivity index is 1.38. The molecule has 2 aromatic carbocycles. The zero-order chi connectivity index (χ0) is 17.9. The molecule has 0 aromatic heterocycles. The quantitative estimate of drug-likeness (QED) is 0.870. The van der Waals surface area contributed by atoms with Crippen molar-refractivity contribution >= 4 is 17.5 Å². The molecule has 0 aliphatic carbocycles. The van der Waals surface area contributed by atoms with Crippen molar-refractivity contribution in [3.8, 4) is 11.5 Å². The van der Waals surface area contributed by atoms with E-state index in [2.05, 4.69) is 10.2 Å². The summed E-state index contributed by atoms with van der Waals surface area (Å²) in [5.41, 5.74) is 0.656. The van der Waals surface area contributed by atoms with Gasteiger partial charge in [0.15, 0.2) is 0 Å². The van der Waals surface area contributed by atoms with Gasteiger partial charge in [0.25, 0.3) is 5.91 Å². The normalized spacial score (nSPS) is 24.7. The van der Waals surface area contributed by atoms with Gasteiger partial charge in [-0.25, -0.2) is 0 Å². The van der Waals surface area contributed by atoms with Gasteiger partial charge in [-0.05, 0) is 74.7 Å². The lowest BCUT2D eigenvalue weighted by atomic mass is 9.94. The summed E-state index contributed by atoms with van der Waals surface area (Å²) in [6.45, 7) is 3.31. The predicted octanol–water partition coefficient (Wildman–Crippen LogP) is 4.35. The number of benzene rings is 2. The van der Waals surface area contributed by atoms with Crippen LogP contribution in [-0.4, -0.2) is 36.5 Å². The summed E-state index contributed by atoms with van der Waals surface area (Å²) in [4.78, 5) is 15.1. The molecule has 5 heteroatoms. The number of carbonyl (C=O) groups is 1. The van der Waals surface area contributed by atoms with Crippen LogP contribution in [0.3, 0.4) is 0 Å². The van der Waals surface area contributed by atoms with Crippen LogP contribution >= 0.6 is 11.6 Å². The zero-order valence-electron chi connectivity index (χ0n) is 14.7.